The molecule has 1 heterocycles. The van der Waals surface area contributed by atoms with Crippen LogP contribution >= 0.6 is 24.0 Å². The van der Waals surface area contributed by atoms with Crippen molar-refractivity contribution >= 4 is 29.9 Å². The lowest BCUT2D eigenvalue weighted by Gasteiger charge is -2.16. The van der Waals surface area contributed by atoms with Crippen LogP contribution < -0.4 is 15.4 Å². The third-order valence-corrected chi connectivity index (χ3v) is 3.67. The van der Waals surface area contributed by atoms with Gasteiger partial charge in [-0.05, 0) is 44.5 Å². The van der Waals surface area contributed by atoms with Crippen LogP contribution in [-0.4, -0.2) is 36.7 Å². The van der Waals surface area contributed by atoms with Crippen LogP contribution in [0.1, 0.15) is 25.1 Å². The van der Waals surface area contributed by atoms with Gasteiger partial charge in [-0.15, -0.1) is 24.0 Å². The first-order valence-corrected chi connectivity index (χ1v) is 8.83. The van der Waals surface area contributed by atoms with Crippen molar-refractivity contribution in [3.8, 4) is 5.75 Å². The van der Waals surface area contributed by atoms with Crippen molar-refractivity contribution in [1.29, 1.82) is 0 Å². The minimum Gasteiger partial charge on any atom is -0.489 e. The summed E-state index contributed by atoms with van der Waals surface area (Å²) < 4.78 is 5.97. The van der Waals surface area contributed by atoms with Crippen molar-refractivity contribution in [2.75, 3.05) is 19.6 Å². The maximum atomic E-state index is 5.97. The highest BCUT2D eigenvalue weighted by Crippen LogP contribution is 2.17. The Balaban J connectivity index is 0.00000338. The fourth-order valence-electron chi connectivity index (χ4n) is 2.36. The fraction of sp³-hybridized carbons (Fsp3) is 0.400. The smallest absolute Gasteiger partial charge is 0.191 e. The number of aromatic nitrogens is 1. The van der Waals surface area contributed by atoms with Gasteiger partial charge in [0.2, 0.25) is 0 Å². The molecule has 0 aliphatic carbocycles. The summed E-state index contributed by atoms with van der Waals surface area (Å²) in [6, 6.07) is 14.0. The number of nitrogens with zero attached hydrogens (tertiary/aromatic N) is 2. The monoisotopic (exact) mass is 468 g/mol. The molecule has 0 saturated carbocycles. The van der Waals surface area contributed by atoms with Gasteiger partial charge in [0.25, 0.3) is 0 Å². The molecule has 26 heavy (non-hydrogen) atoms. The second-order valence-electron chi connectivity index (χ2n) is 5.91. The summed E-state index contributed by atoms with van der Waals surface area (Å²) >= 11 is 0. The molecular formula is C20H29IN4O. The number of benzene rings is 1. The lowest BCUT2D eigenvalue weighted by molar-refractivity contribution is 0.228. The highest BCUT2D eigenvalue weighted by molar-refractivity contribution is 14.0. The van der Waals surface area contributed by atoms with Gasteiger partial charge in [0.05, 0.1) is 6.54 Å². The minimum atomic E-state index is 0. The molecule has 2 N–H and O–H groups in total. The zero-order valence-electron chi connectivity index (χ0n) is 15.7. The molecule has 0 fully saturated rings. The topological polar surface area (TPSA) is 58.5 Å². The molecule has 0 radical (unpaired) electrons. The Bertz CT molecular complexity index is 664. The average Bonchev–Trinajstić information content (AvgIpc) is 2.62. The second-order valence-corrected chi connectivity index (χ2v) is 5.91. The van der Waals surface area contributed by atoms with Crippen molar-refractivity contribution in [2.45, 2.75) is 33.3 Å². The van der Waals surface area contributed by atoms with E-state index in [1.54, 1.807) is 0 Å². The number of para-hydroxylation sites is 1. The number of nitrogens with one attached hydrogen (secondary N) is 2. The van der Waals surface area contributed by atoms with E-state index < -0.39 is 0 Å². The number of pyridine rings is 1. The maximum Gasteiger partial charge on any atom is 0.191 e. The first kappa shape index (κ1) is 22.2. The molecule has 6 heteroatoms. The first-order valence-electron chi connectivity index (χ1n) is 8.83. The molecule has 2 aromatic rings. The number of hydrogen-bond donors (Lipinski definition) is 2. The van der Waals surface area contributed by atoms with Gasteiger partial charge in [-0.1, -0.05) is 24.3 Å². The number of ether oxygens (including phenoxy) is 1. The van der Waals surface area contributed by atoms with Crippen molar-refractivity contribution in [2.24, 2.45) is 4.99 Å². The summed E-state index contributed by atoms with van der Waals surface area (Å²) in [5, 5.41) is 6.61. The largest absolute Gasteiger partial charge is 0.489 e. The van der Waals surface area contributed by atoms with E-state index >= 15 is 0 Å². The van der Waals surface area contributed by atoms with Crippen LogP contribution in [0, 0.1) is 6.92 Å². The van der Waals surface area contributed by atoms with Gasteiger partial charge in [0.15, 0.2) is 5.96 Å². The average molecular weight is 468 g/mol. The van der Waals surface area contributed by atoms with Crippen LogP contribution in [-0.2, 0) is 6.42 Å². The molecule has 0 aliphatic heterocycles. The number of hydrogen-bond acceptors (Lipinski definition) is 3. The van der Waals surface area contributed by atoms with Crippen LogP contribution in [0.3, 0.4) is 0 Å². The number of aliphatic imine (C=N–C) groups is 1. The quantitative estimate of drug-likeness (QED) is 0.354. The Hall–Kier alpha value is -1.83. The number of aryl methyl sites for hydroxylation is 1. The van der Waals surface area contributed by atoms with E-state index in [4.69, 9.17) is 4.74 Å². The minimum absolute atomic E-state index is 0. The fourth-order valence-corrected chi connectivity index (χ4v) is 2.36. The van der Waals surface area contributed by atoms with Crippen molar-refractivity contribution < 1.29 is 4.74 Å². The van der Waals surface area contributed by atoms with Crippen molar-refractivity contribution in [3.63, 3.8) is 0 Å². The normalized spacial score (nSPS) is 12.0. The van der Waals surface area contributed by atoms with Crippen LogP contribution in [0.4, 0.5) is 0 Å². The van der Waals surface area contributed by atoms with E-state index in [1.165, 1.54) is 0 Å². The summed E-state index contributed by atoms with van der Waals surface area (Å²) in [4.78, 5) is 8.95. The Morgan fingerprint density at radius 1 is 1.15 bits per heavy atom. The highest BCUT2D eigenvalue weighted by Gasteiger charge is 2.06. The van der Waals surface area contributed by atoms with Crippen molar-refractivity contribution in [1.82, 2.24) is 15.6 Å². The van der Waals surface area contributed by atoms with Gasteiger partial charge in [-0.2, -0.15) is 0 Å². The molecule has 142 valence electrons. The maximum absolute atomic E-state index is 5.97. The summed E-state index contributed by atoms with van der Waals surface area (Å²) in [5.41, 5.74) is 2.21. The van der Waals surface area contributed by atoms with Gasteiger partial charge in [-0.25, -0.2) is 4.99 Å². The van der Waals surface area contributed by atoms with Gasteiger partial charge in [-0.3, -0.25) is 4.98 Å². The summed E-state index contributed by atoms with van der Waals surface area (Å²) in [6.45, 7) is 8.34. The van der Waals surface area contributed by atoms with Crippen LogP contribution in [0.25, 0.3) is 0 Å². The Morgan fingerprint density at radius 3 is 2.62 bits per heavy atom. The zero-order chi connectivity index (χ0) is 17.9. The lowest BCUT2D eigenvalue weighted by Crippen LogP contribution is -2.39. The van der Waals surface area contributed by atoms with Gasteiger partial charge >= 0.3 is 0 Å². The number of guanidine groups is 1. The molecule has 1 unspecified atom stereocenters. The molecule has 2 rings (SSSR count). The standard InChI is InChI=1S/C20H28N4O.HI/c1-4-21-20(23-14-12-18-10-7-8-13-22-18)24-15-17(3)25-19-11-6-5-9-16(19)2;/h5-11,13,17H,4,12,14-15H2,1-3H3,(H2,21,23,24);1H. The summed E-state index contributed by atoms with van der Waals surface area (Å²) in [5.74, 6) is 1.72. The Kier molecular flexibility index (Phi) is 10.7. The van der Waals surface area contributed by atoms with Gasteiger partial charge < -0.3 is 15.4 Å². The molecule has 0 spiro atoms. The Morgan fingerprint density at radius 2 is 1.92 bits per heavy atom. The van der Waals surface area contributed by atoms with Crippen LogP contribution in [0.2, 0.25) is 0 Å². The first-order chi connectivity index (χ1) is 12.2. The molecule has 1 aromatic heterocycles. The molecule has 1 aromatic carbocycles. The third-order valence-electron chi connectivity index (χ3n) is 3.67. The highest BCUT2D eigenvalue weighted by atomic mass is 127. The summed E-state index contributed by atoms with van der Waals surface area (Å²) in [6.07, 6.45) is 2.69. The van der Waals surface area contributed by atoms with E-state index in [0.717, 1.165) is 42.5 Å². The molecule has 0 amide bonds. The molecule has 1 atom stereocenters. The van der Waals surface area contributed by atoms with Crippen molar-refractivity contribution in [3.05, 3.63) is 59.9 Å². The molecular weight excluding hydrogens is 439 g/mol. The predicted molar refractivity (Wildman–Crippen MR) is 119 cm³/mol. The SMILES string of the molecule is CCNC(=NCC(C)Oc1ccccc1C)NCCc1ccccn1.I. The molecule has 0 saturated heterocycles. The van der Waals surface area contributed by atoms with E-state index in [1.807, 2.05) is 49.5 Å². The van der Waals surface area contributed by atoms with E-state index in [2.05, 4.69) is 40.5 Å². The zero-order valence-corrected chi connectivity index (χ0v) is 18.1. The van der Waals surface area contributed by atoms with E-state index in [0.29, 0.717) is 6.54 Å². The number of rotatable bonds is 8. The lowest BCUT2D eigenvalue weighted by atomic mass is 10.2. The van der Waals surface area contributed by atoms with Crippen LogP contribution in [0.5, 0.6) is 5.75 Å². The van der Waals surface area contributed by atoms with Gasteiger partial charge in [0, 0.05) is 31.4 Å². The van der Waals surface area contributed by atoms with E-state index in [-0.39, 0.29) is 30.1 Å². The van der Waals surface area contributed by atoms with Crippen LogP contribution in [0.15, 0.2) is 53.7 Å². The Labute approximate surface area is 173 Å². The molecule has 0 aliphatic rings. The summed E-state index contributed by atoms with van der Waals surface area (Å²) in [7, 11) is 0. The predicted octanol–water partition coefficient (Wildman–Crippen LogP) is 3.57. The molecule has 5 nitrogen and oxygen atoms in total. The third kappa shape index (κ3) is 8.03. The second kappa shape index (κ2) is 12.5. The van der Waals surface area contributed by atoms with Gasteiger partial charge in [0.1, 0.15) is 11.9 Å². The molecule has 0 bridgehead atoms. The van der Waals surface area contributed by atoms with E-state index in [9.17, 15) is 0 Å². The number of halogens is 1.